The smallest absolute Gasteiger partial charge is 0.191 e. The van der Waals surface area contributed by atoms with Gasteiger partial charge >= 0.3 is 0 Å². The molecule has 3 rings (SSSR count). The third kappa shape index (κ3) is 5.23. The molecular formula is C19H29ClIN3O. The molecule has 0 aliphatic carbocycles. The molecule has 0 saturated carbocycles. The van der Waals surface area contributed by atoms with Crippen LogP contribution in [0.5, 0.6) is 0 Å². The number of likely N-dealkylation sites (tertiary alicyclic amines) is 1. The van der Waals surface area contributed by atoms with Gasteiger partial charge in [0.15, 0.2) is 5.96 Å². The van der Waals surface area contributed by atoms with E-state index in [1.54, 1.807) is 0 Å². The van der Waals surface area contributed by atoms with E-state index in [-0.39, 0.29) is 29.4 Å². The van der Waals surface area contributed by atoms with E-state index in [2.05, 4.69) is 24.0 Å². The fourth-order valence-electron chi connectivity index (χ4n) is 3.85. The summed E-state index contributed by atoms with van der Waals surface area (Å²) < 4.78 is 5.59. The van der Waals surface area contributed by atoms with Crippen LogP contribution in [0.25, 0.3) is 0 Å². The van der Waals surface area contributed by atoms with Gasteiger partial charge in [-0.15, -0.1) is 24.0 Å². The van der Waals surface area contributed by atoms with Crippen LogP contribution in [0.2, 0.25) is 5.02 Å². The van der Waals surface area contributed by atoms with E-state index < -0.39 is 0 Å². The van der Waals surface area contributed by atoms with Gasteiger partial charge < -0.3 is 15.4 Å². The summed E-state index contributed by atoms with van der Waals surface area (Å²) in [6.45, 7) is 6.56. The van der Waals surface area contributed by atoms with E-state index in [0.29, 0.717) is 18.4 Å². The maximum absolute atomic E-state index is 6.31. The van der Waals surface area contributed by atoms with Crippen molar-refractivity contribution in [2.75, 3.05) is 32.8 Å². The largest absolute Gasteiger partial charge is 0.381 e. The van der Waals surface area contributed by atoms with E-state index in [0.717, 1.165) is 44.2 Å². The molecule has 2 aliphatic heterocycles. The maximum Gasteiger partial charge on any atom is 0.191 e. The highest BCUT2D eigenvalue weighted by Gasteiger charge is 2.35. The highest BCUT2D eigenvalue weighted by Crippen LogP contribution is 2.36. The van der Waals surface area contributed by atoms with Crippen LogP contribution < -0.4 is 5.73 Å². The molecule has 0 spiro atoms. The Hall–Kier alpha value is -0.530. The minimum atomic E-state index is -0.0187. The molecule has 25 heavy (non-hydrogen) atoms. The quantitative estimate of drug-likeness (QED) is 0.406. The molecule has 2 N–H and O–H groups in total. The number of piperidine rings is 1. The van der Waals surface area contributed by atoms with Gasteiger partial charge in [0.25, 0.3) is 0 Å². The van der Waals surface area contributed by atoms with Crippen molar-refractivity contribution in [3.05, 3.63) is 34.9 Å². The molecule has 4 nitrogen and oxygen atoms in total. The van der Waals surface area contributed by atoms with Crippen molar-refractivity contribution in [2.24, 2.45) is 16.6 Å². The zero-order valence-corrected chi connectivity index (χ0v) is 18.0. The molecule has 1 atom stereocenters. The summed E-state index contributed by atoms with van der Waals surface area (Å²) in [4.78, 5) is 7.04. The number of rotatable bonds is 3. The molecule has 1 unspecified atom stereocenters. The average molecular weight is 478 g/mol. The van der Waals surface area contributed by atoms with Crippen molar-refractivity contribution in [1.29, 1.82) is 0 Å². The van der Waals surface area contributed by atoms with E-state index in [1.165, 1.54) is 18.4 Å². The Morgan fingerprint density at radius 1 is 1.40 bits per heavy atom. The van der Waals surface area contributed by atoms with Gasteiger partial charge in [-0.25, -0.2) is 0 Å². The minimum Gasteiger partial charge on any atom is -0.381 e. The van der Waals surface area contributed by atoms with Gasteiger partial charge in [-0.2, -0.15) is 0 Å². The second-order valence-electron chi connectivity index (χ2n) is 7.27. The predicted molar refractivity (Wildman–Crippen MR) is 115 cm³/mol. The van der Waals surface area contributed by atoms with Crippen LogP contribution in [0.15, 0.2) is 29.3 Å². The number of halogens is 2. The fourth-order valence-corrected chi connectivity index (χ4v) is 4.04. The first kappa shape index (κ1) is 20.8. The molecule has 2 fully saturated rings. The van der Waals surface area contributed by atoms with Gasteiger partial charge in [-0.05, 0) is 49.3 Å². The van der Waals surface area contributed by atoms with Gasteiger partial charge in [0, 0.05) is 36.7 Å². The molecule has 6 heteroatoms. The second kappa shape index (κ2) is 9.42. The first-order valence-electron chi connectivity index (χ1n) is 8.98. The highest BCUT2D eigenvalue weighted by atomic mass is 127. The third-order valence-corrected chi connectivity index (χ3v) is 5.65. The number of hydrogen-bond acceptors (Lipinski definition) is 2. The van der Waals surface area contributed by atoms with Crippen LogP contribution >= 0.6 is 35.6 Å². The van der Waals surface area contributed by atoms with E-state index in [9.17, 15) is 0 Å². The summed E-state index contributed by atoms with van der Waals surface area (Å²) >= 11 is 6.23. The number of ether oxygens (including phenoxy) is 1. The molecule has 0 aromatic heterocycles. The molecule has 1 aromatic rings. The summed E-state index contributed by atoms with van der Waals surface area (Å²) in [6.07, 6.45) is 4.40. The lowest BCUT2D eigenvalue weighted by Crippen LogP contribution is -2.45. The van der Waals surface area contributed by atoms with Crippen molar-refractivity contribution in [3.63, 3.8) is 0 Å². The van der Waals surface area contributed by atoms with Crippen LogP contribution in [0.1, 0.15) is 38.2 Å². The van der Waals surface area contributed by atoms with Gasteiger partial charge in [0.1, 0.15) is 0 Å². The molecule has 0 amide bonds. The summed E-state index contributed by atoms with van der Waals surface area (Å²) in [5.41, 5.74) is 7.55. The van der Waals surface area contributed by atoms with Crippen LogP contribution in [0, 0.1) is 5.92 Å². The molecule has 0 bridgehead atoms. The Morgan fingerprint density at radius 2 is 2.16 bits per heavy atom. The van der Waals surface area contributed by atoms with Gasteiger partial charge in [-0.1, -0.05) is 30.7 Å². The zero-order valence-electron chi connectivity index (χ0n) is 14.9. The van der Waals surface area contributed by atoms with E-state index >= 15 is 0 Å². The Kier molecular flexibility index (Phi) is 7.83. The Labute approximate surface area is 173 Å². The Balaban J connectivity index is 0.00000225. The Bertz CT molecular complexity index is 590. The topological polar surface area (TPSA) is 50.8 Å². The lowest BCUT2D eigenvalue weighted by Gasteiger charge is -2.37. The summed E-state index contributed by atoms with van der Waals surface area (Å²) in [5, 5.41) is 0.778. The minimum absolute atomic E-state index is 0. The number of benzene rings is 1. The van der Waals surface area contributed by atoms with Crippen LogP contribution in [-0.2, 0) is 10.2 Å². The number of nitrogens with zero attached hydrogens (tertiary/aromatic N) is 2. The second-order valence-corrected chi connectivity index (χ2v) is 7.71. The van der Waals surface area contributed by atoms with Gasteiger partial charge in [0.05, 0.1) is 6.54 Å². The molecule has 2 saturated heterocycles. The monoisotopic (exact) mass is 477 g/mol. The van der Waals surface area contributed by atoms with Crippen molar-refractivity contribution < 1.29 is 4.74 Å². The van der Waals surface area contributed by atoms with Crippen molar-refractivity contribution >= 4 is 41.5 Å². The number of aliphatic imine (C=N–C) groups is 1. The molecule has 0 radical (unpaired) electrons. The SMILES string of the molecule is CC1CCCN(C(N)=NCC2(c3cccc(Cl)c3)CCOCC2)C1.I. The molecule has 1 aromatic carbocycles. The predicted octanol–water partition coefficient (Wildman–Crippen LogP) is 4.05. The fraction of sp³-hybridized carbons (Fsp3) is 0.632. The summed E-state index contributed by atoms with van der Waals surface area (Å²) in [5.74, 6) is 1.38. The summed E-state index contributed by atoms with van der Waals surface area (Å²) in [7, 11) is 0. The first-order valence-corrected chi connectivity index (χ1v) is 9.35. The van der Waals surface area contributed by atoms with Crippen molar-refractivity contribution in [3.8, 4) is 0 Å². The lowest BCUT2D eigenvalue weighted by molar-refractivity contribution is 0.0530. The zero-order chi connectivity index (χ0) is 17.0. The van der Waals surface area contributed by atoms with Crippen LogP contribution in [-0.4, -0.2) is 43.7 Å². The maximum atomic E-state index is 6.31. The first-order chi connectivity index (χ1) is 11.6. The normalized spacial score (nSPS) is 23.8. The number of hydrogen-bond donors (Lipinski definition) is 1. The van der Waals surface area contributed by atoms with E-state index in [1.807, 2.05) is 12.1 Å². The third-order valence-electron chi connectivity index (χ3n) is 5.41. The van der Waals surface area contributed by atoms with Crippen molar-refractivity contribution in [2.45, 2.75) is 38.0 Å². The average Bonchev–Trinajstić information content (AvgIpc) is 2.60. The molecule has 140 valence electrons. The Morgan fingerprint density at radius 3 is 2.84 bits per heavy atom. The highest BCUT2D eigenvalue weighted by molar-refractivity contribution is 14.0. The number of nitrogens with two attached hydrogens (primary N) is 1. The molecule has 2 aliphatic rings. The standard InChI is InChI=1S/C19H28ClN3O.HI/c1-15-4-3-9-23(13-15)18(21)22-14-19(7-10-24-11-8-19)16-5-2-6-17(20)12-16;/h2,5-6,12,15H,3-4,7-11,13-14H2,1H3,(H2,21,22);1H. The lowest BCUT2D eigenvalue weighted by atomic mass is 9.74. The van der Waals surface area contributed by atoms with Crippen LogP contribution in [0.3, 0.4) is 0 Å². The van der Waals surface area contributed by atoms with Crippen molar-refractivity contribution in [1.82, 2.24) is 4.90 Å². The molecule has 2 heterocycles. The van der Waals surface area contributed by atoms with Gasteiger partial charge in [0.2, 0.25) is 0 Å². The van der Waals surface area contributed by atoms with Crippen LogP contribution in [0.4, 0.5) is 0 Å². The number of guanidine groups is 1. The molecular weight excluding hydrogens is 449 g/mol. The van der Waals surface area contributed by atoms with Gasteiger partial charge in [-0.3, -0.25) is 4.99 Å². The summed E-state index contributed by atoms with van der Waals surface area (Å²) in [6, 6.07) is 8.17. The van der Waals surface area contributed by atoms with E-state index in [4.69, 9.17) is 27.1 Å².